The van der Waals surface area contributed by atoms with Gasteiger partial charge in [-0.05, 0) is 63.4 Å². The number of benzene rings is 1. The minimum atomic E-state index is -0.795. The predicted octanol–water partition coefficient (Wildman–Crippen LogP) is 3.76. The average Bonchev–Trinajstić information content (AvgIpc) is 3.35. The smallest absolute Gasteiger partial charge is 0.410 e. The van der Waals surface area contributed by atoms with E-state index in [0.29, 0.717) is 44.6 Å². The van der Waals surface area contributed by atoms with Crippen molar-refractivity contribution in [3.63, 3.8) is 0 Å². The Morgan fingerprint density at radius 3 is 2.29 bits per heavy atom. The Hall–Kier alpha value is -3.63. The number of pyridine rings is 1. The highest BCUT2D eigenvalue weighted by atomic mass is 16.6. The van der Waals surface area contributed by atoms with Crippen LogP contribution >= 0.6 is 0 Å². The van der Waals surface area contributed by atoms with Crippen molar-refractivity contribution in [1.82, 2.24) is 19.4 Å². The zero-order valence-electron chi connectivity index (χ0n) is 24.5. The number of ether oxygens (including phenoxy) is 2. The maximum Gasteiger partial charge on any atom is 0.410 e. The lowest BCUT2D eigenvalue weighted by Gasteiger charge is -2.43. The third-order valence-electron chi connectivity index (χ3n) is 7.94. The van der Waals surface area contributed by atoms with Crippen molar-refractivity contribution in [2.24, 2.45) is 0 Å². The molecule has 0 unspecified atom stereocenters. The van der Waals surface area contributed by atoms with E-state index in [1.807, 2.05) is 39.1 Å². The quantitative estimate of drug-likeness (QED) is 0.453. The van der Waals surface area contributed by atoms with Gasteiger partial charge < -0.3 is 28.9 Å². The highest BCUT2D eigenvalue weighted by molar-refractivity contribution is 5.90. The minimum Gasteiger partial charge on any atom is -0.465 e. The number of aliphatic hydroxyl groups is 1. The third kappa shape index (κ3) is 6.82. The lowest BCUT2D eigenvalue weighted by atomic mass is 9.90. The molecule has 4 heterocycles. The molecule has 2 aromatic heterocycles. The van der Waals surface area contributed by atoms with E-state index in [0.717, 1.165) is 42.8 Å². The first-order chi connectivity index (χ1) is 19.5. The monoisotopic (exact) mass is 563 g/mol. The number of aromatic nitrogens is 2. The summed E-state index contributed by atoms with van der Waals surface area (Å²) in [6.45, 7) is 11.3. The molecule has 220 valence electrons. The van der Waals surface area contributed by atoms with Gasteiger partial charge in [-0.3, -0.25) is 4.90 Å². The van der Waals surface area contributed by atoms with Gasteiger partial charge in [0.1, 0.15) is 11.2 Å². The number of likely N-dealkylation sites (tertiary alicyclic amines) is 1. The van der Waals surface area contributed by atoms with Crippen LogP contribution in [0, 0.1) is 0 Å². The molecule has 0 spiro atoms. The van der Waals surface area contributed by atoms with Gasteiger partial charge >= 0.3 is 12.1 Å². The van der Waals surface area contributed by atoms with Crippen LogP contribution in [0.3, 0.4) is 0 Å². The molecule has 0 bridgehead atoms. The highest BCUT2D eigenvalue weighted by Gasteiger charge is 2.37. The summed E-state index contributed by atoms with van der Waals surface area (Å²) in [5, 5.41) is 12.4. The van der Waals surface area contributed by atoms with Gasteiger partial charge in [-0.25, -0.2) is 14.6 Å². The molecule has 0 radical (unpaired) electrons. The summed E-state index contributed by atoms with van der Waals surface area (Å²) in [4.78, 5) is 35.2. The van der Waals surface area contributed by atoms with Crippen LogP contribution in [-0.4, -0.2) is 101 Å². The maximum atomic E-state index is 12.4. The Kier molecular flexibility index (Phi) is 8.24. The summed E-state index contributed by atoms with van der Waals surface area (Å²) >= 11 is 0. The number of methoxy groups -OCH3 is 1. The molecule has 0 atom stereocenters. The molecule has 41 heavy (non-hydrogen) atoms. The van der Waals surface area contributed by atoms with Crippen molar-refractivity contribution in [2.75, 3.05) is 57.8 Å². The summed E-state index contributed by atoms with van der Waals surface area (Å²) in [5.41, 5.74) is 2.38. The normalized spacial score (nSPS) is 18.0. The van der Waals surface area contributed by atoms with Crippen LogP contribution in [0.1, 0.15) is 49.5 Å². The van der Waals surface area contributed by atoms with Crippen LogP contribution in [0.25, 0.3) is 11.0 Å². The predicted molar refractivity (Wildman–Crippen MR) is 157 cm³/mol. The Balaban J connectivity index is 1.17. The third-order valence-corrected chi connectivity index (χ3v) is 7.94. The van der Waals surface area contributed by atoms with Crippen LogP contribution in [0.15, 0.2) is 48.8 Å². The van der Waals surface area contributed by atoms with Gasteiger partial charge in [0.15, 0.2) is 0 Å². The summed E-state index contributed by atoms with van der Waals surface area (Å²) in [5.74, 6) is -0.341. The largest absolute Gasteiger partial charge is 0.465 e. The number of β-amino-alcohol motifs (C(OH)–C–C–N with tert-alkyl or cyclic N) is 1. The number of hydrogen-bond donors (Lipinski definition) is 1. The molecular weight excluding hydrogens is 522 g/mol. The lowest BCUT2D eigenvalue weighted by Crippen LogP contribution is -2.56. The summed E-state index contributed by atoms with van der Waals surface area (Å²) in [7, 11) is 1.38. The topological polar surface area (TPSA) is 100 Å². The van der Waals surface area contributed by atoms with Gasteiger partial charge in [0.25, 0.3) is 0 Å². The number of esters is 1. The minimum absolute atomic E-state index is 0.304. The van der Waals surface area contributed by atoms with Crippen LogP contribution in [0.5, 0.6) is 0 Å². The molecule has 10 nitrogen and oxygen atoms in total. The fourth-order valence-corrected chi connectivity index (χ4v) is 5.69. The van der Waals surface area contributed by atoms with Gasteiger partial charge in [0.05, 0.1) is 18.3 Å². The number of hydrogen-bond acceptors (Lipinski definition) is 8. The summed E-state index contributed by atoms with van der Waals surface area (Å²) in [6.07, 6.45) is 4.72. The van der Waals surface area contributed by atoms with Gasteiger partial charge in [-0.2, -0.15) is 0 Å². The van der Waals surface area contributed by atoms with Gasteiger partial charge in [0, 0.05) is 75.8 Å². The number of carbonyl (C=O) groups is 2. The van der Waals surface area contributed by atoms with E-state index in [1.54, 1.807) is 17.0 Å². The first-order valence-corrected chi connectivity index (χ1v) is 14.3. The van der Waals surface area contributed by atoms with Crippen molar-refractivity contribution >= 4 is 28.8 Å². The lowest BCUT2D eigenvalue weighted by molar-refractivity contribution is -0.0507. The average molecular weight is 564 g/mol. The molecule has 3 aromatic rings. The fourth-order valence-electron chi connectivity index (χ4n) is 5.69. The molecule has 10 heteroatoms. The van der Waals surface area contributed by atoms with Crippen LogP contribution < -0.4 is 4.90 Å². The summed E-state index contributed by atoms with van der Waals surface area (Å²) < 4.78 is 12.4. The Labute approximate surface area is 241 Å². The maximum absolute atomic E-state index is 12.4. The van der Waals surface area contributed by atoms with E-state index < -0.39 is 11.2 Å². The highest BCUT2D eigenvalue weighted by Crippen LogP contribution is 2.29. The van der Waals surface area contributed by atoms with Crippen LogP contribution in [0.2, 0.25) is 0 Å². The van der Waals surface area contributed by atoms with Crippen molar-refractivity contribution in [1.29, 1.82) is 0 Å². The number of piperazine rings is 1. The van der Waals surface area contributed by atoms with E-state index in [9.17, 15) is 14.7 Å². The van der Waals surface area contributed by atoms with E-state index in [4.69, 9.17) is 9.47 Å². The van der Waals surface area contributed by atoms with Gasteiger partial charge in [-0.15, -0.1) is 0 Å². The molecule has 0 saturated carbocycles. The number of amides is 1. The zero-order chi connectivity index (χ0) is 29.2. The molecule has 1 amide bonds. The molecular formula is C31H41N5O5. The van der Waals surface area contributed by atoms with Crippen molar-refractivity contribution in [2.45, 2.75) is 51.4 Å². The molecule has 2 fully saturated rings. The second-order valence-electron chi connectivity index (χ2n) is 12.2. The Morgan fingerprint density at radius 1 is 0.976 bits per heavy atom. The Morgan fingerprint density at radius 2 is 1.66 bits per heavy atom. The number of anilines is 1. The summed E-state index contributed by atoms with van der Waals surface area (Å²) in [6, 6.07) is 11.6. The molecule has 2 aliphatic heterocycles. The van der Waals surface area contributed by atoms with E-state index in [1.165, 1.54) is 12.8 Å². The molecule has 1 N–H and O–H groups in total. The number of fused-ring (bicyclic) bond motifs is 1. The zero-order valence-corrected chi connectivity index (χ0v) is 24.5. The Bertz CT molecular complexity index is 1360. The SMILES string of the molecule is COC(=O)c1ccc(Cn2ccc3c(N4CCN(CC5(O)CCN(C(=O)OC(C)(C)C)CC5)CC4)ccnc32)cc1. The first-order valence-electron chi connectivity index (χ1n) is 14.3. The molecule has 1 aromatic carbocycles. The fraction of sp³-hybridized carbons (Fsp3) is 0.516. The van der Waals surface area contributed by atoms with Crippen LogP contribution in [0.4, 0.5) is 10.5 Å². The molecule has 0 aliphatic carbocycles. The standard InChI is InChI=1S/C31H41N5O5/c1-30(2,3)41-29(38)35-15-11-31(39,12-16-35)22-33-17-19-34(20-18-33)26-9-13-32-27-25(26)10-14-36(27)21-23-5-7-24(8-6-23)28(37)40-4/h5-10,13-14,39H,11-12,15-22H2,1-4H3. The molecule has 5 rings (SSSR count). The number of carbonyl (C=O) groups excluding carboxylic acids is 2. The van der Waals surface area contributed by atoms with Crippen molar-refractivity contribution in [3.8, 4) is 0 Å². The molecule has 2 aliphatic rings. The van der Waals surface area contributed by atoms with E-state index >= 15 is 0 Å². The molecule has 2 saturated heterocycles. The van der Waals surface area contributed by atoms with Crippen molar-refractivity contribution < 1.29 is 24.2 Å². The van der Waals surface area contributed by atoms with Crippen molar-refractivity contribution in [3.05, 3.63) is 59.9 Å². The van der Waals surface area contributed by atoms with E-state index in [2.05, 4.69) is 37.7 Å². The van der Waals surface area contributed by atoms with E-state index in [-0.39, 0.29) is 12.1 Å². The second kappa shape index (κ2) is 11.7. The number of rotatable bonds is 6. The second-order valence-corrected chi connectivity index (χ2v) is 12.2. The first kappa shape index (κ1) is 28.9. The van der Waals surface area contributed by atoms with Crippen LogP contribution in [-0.2, 0) is 16.0 Å². The van der Waals surface area contributed by atoms with Gasteiger partial charge in [0.2, 0.25) is 0 Å². The number of piperidine rings is 1. The number of nitrogens with zero attached hydrogens (tertiary/aromatic N) is 5. The van der Waals surface area contributed by atoms with Gasteiger partial charge in [-0.1, -0.05) is 12.1 Å².